The molecule has 1 atom stereocenters. The summed E-state index contributed by atoms with van der Waals surface area (Å²) in [4.78, 5) is 18.7. The van der Waals surface area contributed by atoms with Crippen LogP contribution in [-0.2, 0) is 9.53 Å². The Morgan fingerprint density at radius 1 is 1.27 bits per heavy atom. The molecular formula is C20H27N3O2S. The van der Waals surface area contributed by atoms with Gasteiger partial charge in [-0.3, -0.25) is 4.79 Å². The second kappa shape index (κ2) is 7.86. The van der Waals surface area contributed by atoms with Gasteiger partial charge in [-0.05, 0) is 46.7 Å². The van der Waals surface area contributed by atoms with Crippen molar-refractivity contribution in [1.29, 1.82) is 0 Å². The number of carbonyl (C=O) groups excluding carboxylic acids is 1. The normalized spacial score (nSPS) is 17.7. The second-order valence-corrected chi connectivity index (χ2v) is 8.01. The quantitative estimate of drug-likeness (QED) is 0.843. The van der Waals surface area contributed by atoms with E-state index in [1.807, 2.05) is 13.8 Å². The first-order chi connectivity index (χ1) is 12.4. The van der Waals surface area contributed by atoms with Crippen molar-refractivity contribution in [3.8, 4) is 10.6 Å². The molecule has 2 aromatic rings. The number of ether oxygens (including phenoxy) is 1. The van der Waals surface area contributed by atoms with Crippen LogP contribution in [0.3, 0.4) is 0 Å². The Bertz CT molecular complexity index is 764. The number of hydrogen-bond donors (Lipinski definition) is 2. The molecule has 5 nitrogen and oxygen atoms in total. The number of nitrogens with zero attached hydrogens (tertiary/aromatic N) is 1. The van der Waals surface area contributed by atoms with Crippen molar-refractivity contribution in [3.05, 3.63) is 40.4 Å². The molecular weight excluding hydrogens is 346 g/mol. The lowest BCUT2D eigenvalue weighted by Crippen LogP contribution is -2.54. The molecule has 0 radical (unpaired) electrons. The molecule has 26 heavy (non-hydrogen) atoms. The molecule has 1 unspecified atom stereocenters. The van der Waals surface area contributed by atoms with E-state index in [0.29, 0.717) is 12.8 Å². The molecule has 0 aliphatic carbocycles. The first kappa shape index (κ1) is 19.0. The van der Waals surface area contributed by atoms with Crippen LogP contribution in [0.5, 0.6) is 0 Å². The topological polar surface area (TPSA) is 63.2 Å². The van der Waals surface area contributed by atoms with Crippen LogP contribution in [-0.4, -0.2) is 36.7 Å². The summed E-state index contributed by atoms with van der Waals surface area (Å²) in [6.07, 6.45) is 1.39. The van der Waals surface area contributed by atoms with Crippen LogP contribution >= 0.6 is 11.3 Å². The fourth-order valence-corrected chi connectivity index (χ4v) is 4.45. The van der Waals surface area contributed by atoms with E-state index in [1.165, 1.54) is 5.56 Å². The zero-order valence-electron chi connectivity index (χ0n) is 15.9. The van der Waals surface area contributed by atoms with Crippen molar-refractivity contribution in [2.75, 3.05) is 20.2 Å². The molecule has 1 aliphatic rings. The number of benzene rings is 1. The highest BCUT2D eigenvalue weighted by atomic mass is 32.1. The minimum Gasteiger partial charge on any atom is -0.368 e. The van der Waals surface area contributed by atoms with Gasteiger partial charge in [-0.1, -0.05) is 29.8 Å². The average Bonchev–Trinajstić information content (AvgIpc) is 3.04. The predicted molar refractivity (Wildman–Crippen MR) is 105 cm³/mol. The molecule has 3 rings (SSSR count). The first-order valence-electron chi connectivity index (χ1n) is 9.06. The van der Waals surface area contributed by atoms with E-state index in [4.69, 9.17) is 9.72 Å². The molecule has 1 fully saturated rings. The van der Waals surface area contributed by atoms with Crippen molar-refractivity contribution in [2.45, 2.75) is 45.3 Å². The van der Waals surface area contributed by atoms with Gasteiger partial charge in [0.1, 0.15) is 10.6 Å². The maximum absolute atomic E-state index is 12.9. The Morgan fingerprint density at radius 2 is 1.92 bits per heavy atom. The Labute approximate surface area is 159 Å². The zero-order chi connectivity index (χ0) is 18.7. The maximum atomic E-state index is 12.9. The number of thiazole rings is 1. The van der Waals surface area contributed by atoms with E-state index >= 15 is 0 Å². The van der Waals surface area contributed by atoms with Crippen molar-refractivity contribution in [1.82, 2.24) is 15.6 Å². The molecule has 140 valence electrons. The molecule has 0 bridgehead atoms. The third-order valence-electron chi connectivity index (χ3n) is 5.09. The Hall–Kier alpha value is -1.76. The fraction of sp³-hybridized carbons (Fsp3) is 0.500. The summed E-state index contributed by atoms with van der Waals surface area (Å²) in [6.45, 7) is 7.69. The number of rotatable bonds is 5. The summed E-state index contributed by atoms with van der Waals surface area (Å²) < 4.78 is 5.63. The van der Waals surface area contributed by atoms with Gasteiger partial charge >= 0.3 is 0 Å². The van der Waals surface area contributed by atoms with Crippen LogP contribution in [0.1, 0.15) is 41.9 Å². The van der Waals surface area contributed by atoms with Gasteiger partial charge in [-0.2, -0.15) is 0 Å². The van der Waals surface area contributed by atoms with Gasteiger partial charge in [0.2, 0.25) is 0 Å². The van der Waals surface area contributed by atoms with E-state index in [1.54, 1.807) is 18.4 Å². The summed E-state index contributed by atoms with van der Waals surface area (Å²) in [6, 6.07) is 8.28. The van der Waals surface area contributed by atoms with Gasteiger partial charge in [0.25, 0.3) is 5.91 Å². The number of aryl methyl sites for hydroxylation is 2. The van der Waals surface area contributed by atoms with Crippen LogP contribution in [0.15, 0.2) is 24.3 Å². The highest BCUT2D eigenvalue weighted by molar-refractivity contribution is 7.15. The minimum atomic E-state index is -0.724. The average molecular weight is 374 g/mol. The van der Waals surface area contributed by atoms with Gasteiger partial charge in [0.05, 0.1) is 16.6 Å². The van der Waals surface area contributed by atoms with Gasteiger partial charge in [-0.15, -0.1) is 11.3 Å². The molecule has 1 saturated heterocycles. The van der Waals surface area contributed by atoms with Gasteiger partial charge in [-0.25, -0.2) is 4.98 Å². The number of nitrogens with one attached hydrogen (secondary N) is 2. The fourth-order valence-electron chi connectivity index (χ4n) is 3.38. The highest BCUT2D eigenvalue weighted by Crippen LogP contribution is 2.32. The lowest BCUT2D eigenvalue weighted by molar-refractivity contribution is -0.147. The predicted octanol–water partition coefficient (Wildman–Crippen LogP) is 3.37. The Kier molecular flexibility index (Phi) is 5.75. The summed E-state index contributed by atoms with van der Waals surface area (Å²) in [5.74, 6) is -0.0290. The third-order valence-corrected chi connectivity index (χ3v) is 6.48. The lowest BCUT2D eigenvalue weighted by atomic mass is 9.91. The SMILES string of the molecule is COC1(C(=O)NC(C)c2sc(-c3ccc(C)cc3)nc2C)CCNCC1. The van der Waals surface area contributed by atoms with E-state index in [9.17, 15) is 4.79 Å². The number of aromatic nitrogens is 1. The number of amides is 1. The highest BCUT2D eigenvalue weighted by Gasteiger charge is 2.40. The minimum absolute atomic E-state index is 0.0290. The molecule has 0 spiro atoms. The molecule has 2 heterocycles. The van der Waals surface area contributed by atoms with Crippen LogP contribution in [0.25, 0.3) is 10.6 Å². The number of methoxy groups -OCH3 is 1. The molecule has 1 aliphatic heterocycles. The monoisotopic (exact) mass is 373 g/mol. The summed E-state index contributed by atoms with van der Waals surface area (Å²) >= 11 is 1.64. The van der Waals surface area contributed by atoms with Crippen molar-refractivity contribution in [3.63, 3.8) is 0 Å². The van der Waals surface area contributed by atoms with E-state index in [2.05, 4.69) is 41.8 Å². The van der Waals surface area contributed by atoms with E-state index in [-0.39, 0.29) is 11.9 Å². The largest absolute Gasteiger partial charge is 0.368 e. The maximum Gasteiger partial charge on any atom is 0.252 e. The molecule has 6 heteroatoms. The first-order valence-corrected chi connectivity index (χ1v) is 9.88. The van der Waals surface area contributed by atoms with Gasteiger partial charge in [0.15, 0.2) is 0 Å². The summed E-state index contributed by atoms with van der Waals surface area (Å²) in [5.41, 5.74) is 2.59. The molecule has 2 N–H and O–H groups in total. The molecule has 0 saturated carbocycles. The van der Waals surface area contributed by atoms with E-state index < -0.39 is 5.60 Å². The van der Waals surface area contributed by atoms with Gasteiger partial charge < -0.3 is 15.4 Å². The standard InChI is InChI=1S/C20H27N3O2S/c1-13-5-7-16(8-6-13)18-22-14(2)17(26-18)15(3)23-19(24)20(25-4)9-11-21-12-10-20/h5-8,15,21H,9-12H2,1-4H3,(H,23,24). The van der Waals surface area contributed by atoms with Crippen LogP contribution < -0.4 is 10.6 Å². The third kappa shape index (κ3) is 3.82. The number of hydrogen-bond acceptors (Lipinski definition) is 5. The summed E-state index contributed by atoms with van der Waals surface area (Å²) in [5, 5.41) is 7.42. The Morgan fingerprint density at radius 3 is 2.54 bits per heavy atom. The van der Waals surface area contributed by atoms with Crippen molar-refractivity contribution in [2.24, 2.45) is 0 Å². The Balaban J connectivity index is 1.76. The lowest BCUT2D eigenvalue weighted by Gasteiger charge is -2.35. The van der Waals surface area contributed by atoms with Crippen LogP contribution in [0.4, 0.5) is 0 Å². The molecule has 1 amide bonds. The van der Waals surface area contributed by atoms with Crippen LogP contribution in [0.2, 0.25) is 0 Å². The number of piperidine rings is 1. The van der Waals surface area contributed by atoms with Crippen molar-refractivity contribution >= 4 is 17.2 Å². The van der Waals surface area contributed by atoms with Crippen LogP contribution in [0, 0.1) is 13.8 Å². The molecule has 1 aromatic carbocycles. The van der Waals surface area contributed by atoms with Gasteiger partial charge in [0, 0.05) is 12.7 Å². The second-order valence-electron chi connectivity index (χ2n) is 6.98. The zero-order valence-corrected chi connectivity index (χ0v) is 16.7. The number of carbonyl (C=O) groups is 1. The smallest absolute Gasteiger partial charge is 0.252 e. The van der Waals surface area contributed by atoms with E-state index in [0.717, 1.165) is 34.2 Å². The summed E-state index contributed by atoms with van der Waals surface area (Å²) in [7, 11) is 1.63. The van der Waals surface area contributed by atoms with Crippen molar-refractivity contribution < 1.29 is 9.53 Å². The molecule has 1 aromatic heterocycles.